The van der Waals surface area contributed by atoms with E-state index in [1.807, 2.05) is 13.6 Å². The highest BCUT2D eigenvalue weighted by molar-refractivity contribution is 7.68. The molecular weight excluding hydrogens is 131 g/mol. The van der Waals surface area contributed by atoms with Crippen molar-refractivity contribution in [1.29, 1.82) is 0 Å². The molecule has 1 aliphatic rings. The van der Waals surface area contributed by atoms with Crippen molar-refractivity contribution in [1.82, 2.24) is 0 Å². The van der Waals surface area contributed by atoms with Crippen LogP contribution in [0.1, 0.15) is 20.3 Å². The van der Waals surface area contributed by atoms with E-state index in [2.05, 4.69) is 13.0 Å². The monoisotopic (exact) mass is 144 g/mol. The zero-order chi connectivity index (χ0) is 7.07. The maximum absolute atomic E-state index is 11.6. The summed E-state index contributed by atoms with van der Waals surface area (Å²) in [6.45, 7) is 5.93. The summed E-state index contributed by atoms with van der Waals surface area (Å²) in [5.74, 6) is 0. The van der Waals surface area contributed by atoms with Crippen LogP contribution in [0.15, 0.2) is 11.4 Å². The fourth-order valence-corrected chi connectivity index (χ4v) is 2.74. The van der Waals surface area contributed by atoms with Crippen LogP contribution in [0.3, 0.4) is 0 Å². The first-order valence-corrected chi connectivity index (χ1v) is 5.52. The van der Waals surface area contributed by atoms with Crippen LogP contribution in [-0.4, -0.2) is 12.3 Å². The fourth-order valence-electron chi connectivity index (χ4n) is 1.07. The van der Waals surface area contributed by atoms with Crippen LogP contribution in [0.25, 0.3) is 0 Å². The van der Waals surface area contributed by atoms with Gasteiger partial charge in [0.15, 0.2) is 0 Å². The van der Waals surface area contributed by atoms with Crippen LogP contribution < -0.4 is 0 Å². The van der Waals surface area contributed by atoms with Crippen LogP contribution in [-0.2, 0) is 4.57 Å². The van der Waals surface area contributed by atoms with Gasteiger partial charge in [0.05, 0.1) is 0 Å². The molecule has 9 heavy (non-hydrogen) atoms. The van der Waals surface area contributed by atoms with Crippen molar-refractivity contribution in [3.63, 3.8) is 0 Å². The van der Waals surface area contributed by atoms with Crippen molar-refractivity contribution >= 4 is 7.14 Å². The van der Waals surface area contributed by atoms with Gasteiger partial charge in [0.25, 0.3) is 0 Å². The van der Waals surface area contributed by atoms with E-state index >= 15 is 0 Å². The molecule has 1 rings (SSSR count). The lowest BCUT2D eigenvalue weighted by Gasteiger charge is -2.11. The average molecular weight is 144 g/mol. The largest absolute Gasteiger partial charge is 0.319 e. The first kappa shape index (κ1) is 7.08. The molecule has 0 aliphatic carbocycles. The third-order valence-corrected chi connectivity index (χ3v) is 5.77. The van der Waals surface area contributed by atoms with Crippen molar-refractivity contribution < 1.29 is 4.57 Å². The van der Waals surface area contributed by atoms with Crippen molar-refractivity contribution in [3.05, 3.63) is 11.4 Å². The maximum Gasteiger partial charge on any atom is 0.111 e. The Morgan fingerprint density at radius 2 is 2.33 bits per heavy atom. The van der Waals surface area contributed by atoms with E-state index in [1.165, 1.54) is 0 Å². The van der Waals surface area contributed by atoms with E-state index in [1.54, 1.807) is 0 Å². The molecule has 2 atom stereocenters. The maximum atomic E-state index is 11.6. The molecule has 0 amide bonds. The summed E-state index contributed by atoms with van der Waals surface area (Å²) in [5.41, 5.74) is 0.400. The minimum Gasteiger partial charge on any atom is -0.319 e. The molecule has 1 aliphatic heterocycles. The second-order valence-corrected chi connectivity index (χ2v) is 6.49. The van der Waals surface area contributed by atoms with Crippen LogP contribution in [0.5, 0.6) is 0 Å². The van der Waals surface area contributed by atoms with Gasteiger partial charge >= 0.3 is 0 Å². The molecule has 1 heterocycles. The molecule has 0 spiro atoms. The molecule has 0 radical (unpaired) electrons. The fraction of sp³-hybridized carbons (Fsp3) is 0.714. The smallest absolute Gasteiger partial charge is 0.111 e. The summed E-state index contributed by atoms with van der Waals surface area (Å²) in [6, 6.07) is 0. The SMILES string of the molecule is CC1=CC[C@@H](C)[P@]1(C)=O. The quantitative estimate of drug-likeness (QED) is 0.477. The molecule has 0 aromatic carbocycles. The molecule has 0 unspecified atom stereocenters. The molecule has 2 heteroatoms. The summed E-state index contributed by atoms with van der Waals surface area (Å²) < 4.78 is 11.6. The Morgan fingerprint density at radius 1 is 1.78 bits per heavy atom. The predicted molar refractivity (Wildman–Crippen MR) is 41.4 cm³/mol. The zero-order valence-electron chi connectivity index (χ0n) is 6.22. The normalized spacial score (nSPS) is 43.0. The van der Waals surface area contributed by atoms with Crippen molar-refractivity contribution in [2.75, 3.05) is 6.66 Å². The second kappa shape index (κ2) is 1.98. The van der Waals surface area contributed by atoms with Gasteiger partial charge in [-0.15, -0.1) is 0 Å². The van der Waals surface area contributed by atoms with Crippen molar-refractivity contribution in [2.45, 2.75) is 25.9 Å². The Bertz CT molecular complexity index is 193. The predicted octanol–water partition coefficient (Wildman–Crippen LogP) is 2.68. The Labute approximate surface area is 56.5 Å². The Kier molecular flexibility index (Phi) is 1.56. The molecule has 0 aromatic heterocycles. The molecule has 0 N–H and O–H groups in total. The molecular formula is C7H13OP. The Balaban J connectivity index is 2.94. The lowest BCUT2D eigenvalue weighted by molar-refractivity contribution is 0.577. The van der Waals surface area contributed by atoms with Gasteiger partial charge in [0, 0.05) is 5.66 Å². The third-order valence-electron chi connectivity index (χ3n) is 2.30. The van der Waals surface area contributed by atoms with Crippen LogP contribution in [0, 0.1) is 0 Å². The summed E-state index contributed by atoms with van der Waals surface area (Å²) >= 11 is 0. The minimum absolute atomic E-state index is 0.400. The van der Waals surface area contributed by atoms with Gasteiger partial charge in [-0.25, -0.2) is 0 Å². The highest BCUT2D eigenvalue weighted by Gasteiger charge is 2.29. The topological polar surface area (TPSA) is 17.1 Å². The summed E-state index contributed by atoms with van der Waals surface area (Å²) in [6.07, 6.45) is 3.12. The van der Waals surface area contributed by atoms with Gasteiger partial charge in [-0.2, -0.15) is 0 Å². The molecule has 0 saturated heterocycles. The number of hydrogen-bond acceptors (Lipinski definition) is 1. The van der Waals surface area contributed by atoms with Crippen LogP contribution >= 0.6 is 7.14 Å². The number of allylic oxidation sites excluding steroid dienone is 2. The van der Waals surface area contributed by atoms with E-state index in [9.17, 15) is 4.57 Å². The van der Waals surface area contributed by atoms with Crippen molar-refractivity contribution in [2.24, 2.45) is 0 Å². The summed E-state index contributed by atoms with van der Waals surface area (Å²) in [5, 5.41) is 1.12. The zero-order valence-corrected chi connectivity index (χ0v) is 7.11. The number of hydrogen-bond donors (Lipinski definition) is 0. The van der Waals surface area contributed by atoms with Gasteiger partial charge in [-0.3, -0.25) is 0 Å². The molecule has 52 valence electrons. The highest BCUT2D eigenvalue weighted by atomic mass is 31.2. The van der Waals surface area contributed by atoms with Gasteiger partial charge < -0.3 is 4.57 Å². The summed E-state index contributed by atoms with van der Waals surface area (Å²) in [7, 11) is -1.86. The molecule has 1 nitrogen and oxygen atoms in total. The Morgan fingerprint density at radius 3 is 2.44 bits per heavy atom. The third kappa shape index (κ3) is 0.986. The van der Waals surface area contributed by atoms with Gasteiger partial charge in [-0.05, 0) is 25.3 Å². The first-order valence-electron chi connectivity index (χ1n) is 3.29. The van der Waals surface area contributed by atoms with Crippen LogP contribution in [0.2, 0.25) is 0 Å². The van der Waals surface area contributed by atoms with Gasteiger partial charge in [0.2, 0.25) is 0 Å². The minimum atomic E-state index is -1.86. The average Bonchev–Trinajstić information content (AvgIpc) is 1.96. The molecule has 0 saturated carbocycles. The summed E-state index contributed by atoms with van der Waals surface area (Å²) in [4.78, 5) is 0. The van der Waals surface area contributed by atoms with Gasteiger partial charge in [0.1, 0.15) is 7.14 Å². The number of rotatable bonds is 0. The Hall–Kier alpha value is -0.0300. The van der Waals surface area contributed by atoms with Crippen LogP contribution in [0.4, 0.5) is 0 Å². The van der Waals surface area contributed by atoms with E-state index in [0.717, 1.165) is 11.7 Å². The van der Waals surface area contributed by atoms with E-state index in [0.29, 0.717) is 5.66 Å². The standard InChI is InChI=1S/C7H13OP/c1-6-4-5-7(2)9(6,3)8/h4,7H,5H2,1-3H3/t7-,9-/m1/s1. The van der Waals surface area contributed by atoms with Crippen molar-refractivity contribution in [3.8, 4) is 0 Å². The molecule has 0 bridgehead atoms. The lowest BCUT2D eigenvalue weighted by atomic mass is 10.3. The lowest BCUT2D eigenvalue weighted by Crippen LogP contribution is -1.94. The molecule has 0 aromatic rings. The van der Waals surface area contributed by atoms with E-state index in [4.69, 9.17) is 0 Å². The first-order chi connectivity index (χ1) is 4.05. The van der Waals surface area contributed by atoms with E-state index < -0.39 is 7.14 Å². The van der Waals surface area contributed by atoms with Gasteiger partial charge in [-0.1, -0.05) is 13.0 Å². The molecule has 0 fully saturated rings. The second-order valence-electron chi connectivity index (χ2n) is 2.92. The van der Waals surface area contributed by atoms with E-state index in [-0.39, 0.29) is 0 Å². The highest BCUT2D eigenvalue weighted by Crippen LogP contribution is 2.59.